The molecule has 0 atom stereocenters. The molecule has 5 heteroatoms. The predicted octanol–water partition coefficient (Wildman–Crippen LogP) is 2.77. The SMILES string of the molecule is CC1=C(C#N)C2=NC(C(C)(C)C)=NC3=CC=CC(=N1)N32. The van der Waals surface area contributed by atoms with Crippen LogP contribution in [-0.4, -0.2) is 22.4 Å². The second-order valence-corrected chi connectivity index (χ2v) is 5.88. The fourth-order valence-corrected chi connectivity index (χ4v) is 2.19. The van der Waals surface area contributed by atoms with E-state index in [4.69, 9.17) is 0 Å². The number of rotatable bonds is 0. The Balaban J connectivity index is 2.26. The van der Waals surface area contributed by atoms with Crippen molar-refractivity contribution < 1.29 is 0 Å². The summed E-state index contributed by atoms with van der Waals surface area (Å²) in [6, 6.07) is 2.21. The maximum atomic E-state index is 9.39. The summed E-state index contributed by atoms with van der Waals surface area (Å²) in [5, 5.41) is 9.39. The Labute approximate surface area is 118 Å². The number of hydrogen-bond donors (Lipinski definition) is 0. The van der Waals surface area contributed by atoms with Crippen molar-refractivity contribution >= 4 is 17.5 Å². The maximum Gasteiger partial charge on any atom is 0.162 e. The molecule has 0 radical (unpaired) electrons. The topological polar surface area (TPSA) is 64.1 Å². The van der Waals surface area contributed by atoms with Crippen LogP contribution in [0.1, 0.15) is 27.7 Å². The Morgan fingerprint density at radius 1 is 1.20 bits per heavy atom. The van der Waals surface area contributed by atoms with E-state index in [0.717, 1.165) is 17.5 Å². The van der Waals surface area contributed by atoms with Crippen LogP contribution < -0.4 is 0 Å². The van der Waals surface area contributed by atoms with Crippen LogP contribution in [0.25, 0.3) is 0 Å². The van der Waals surface area contributed by atoms with Crippen molar-refractivity contribution in [2.75, 3.05) is 0 Å². The van der Waals surface area contributed by atoms with Gasteiger partial charge in [-0.05, 0) is 19.1 Å². The van der Waals surface area contributed by atoms with Crippen molar-refractivity contribution in [3.8, 4) is 6.07 Å². The molecule has 0 aromatic rings. The van der Waals surface area contributed by atoms with E-state index in [9.17, 15) is 5.26 Å². The third-order valence-electron chi connectivity index (χ3n) is 3.24. The lowest BCUT2D eigenvalue weighted by Crippen LogP contribution is -2.43. The molecule has 100 valence electrons. The highest BCUT2D eigenvalue weighted by Crippen LogP contribution is 2.31. The summed E-state index contributed by atoms with van der Waals surface area (Å²) in [6.07, 6.45) is 5.73. The largest absolute Gasteiger partial charge is 0.261 e. The first kappa shape index (κ1) is 12.5. The van der Waals surface area contributed by atoms with Crippen LogP contribution in [0.15, 0.2) is 50.3 Å². The van der Waals surface area contributed by atoms with Gasteiger partial charge in [0.1, 0.15) is 29.1 Å². The van der Waals surface area contributed by atoms with Crippen LogP contribution in [0.5, 0.6) is 0 Å². The molecule has 20 heavy (non-hydrogen) atoms. The number of nitriles is 1. The van der Waals surface area contributed by atoms with Gasteiger partial charge in [0.15, 0.2) is 5.84 Å². The minimum absolute atomic E-state index is 0.176. The molecule has 0 aromatic carbocycles. The number of allylic oxidation sites excluding steroid dienone is 3. The van der Waals surface area contributed by atoms with Gasteiger partial charge in [0, 0.05) is 5.41 Å². The quantitative estimate of drug-likeness (QED) is 0.676. The summed E-state index contributed by atoms with van der Waals surface area (Å²) < 4.78 is 0. The van der Waals surface area contributed by atoms with E-state index in [0.29, 0.717) is 17.1 Å². The molecule has 0 N–H and O–H groups in total. The van der Waals surface area contributed by atoms with Gasteiger partial charge in [0.2, 0.25) is 0 Å². The van der Waals surface area contributed by atoms with Crippen LogP contribution in [-0.2, 0) is 0 Å². The van der Waals surface area contributed by atoms with Crippen LogP contribution >= 0.6 is 0 Å². The van der Waals surface area contributed by atoms with E-state index >= 15 is 0 Å². The standard InChI is InChI=1S/C15H15N5/c1-9-10(8-16)13-19-14(15(2,3)4)18-12-7-5-6-11(17-9)20(12)13/h5-7H,1-4H3. The van der Waals surface area contributed by atoms with E-state index < -0.39 is 0 Å². The van der Waals surface area contributed by atoms with E-state index in [2.05, 4.69) is 41.8 Å². The van der Waals surface area contributed by atoms with Crippen molar-refractivity contribution in [2.45, 2.75) is 27.7 Å². The molecular weight excluding hydrogens is 250 g/mol. The molecule has 3 aliphatic rings. The molecular formula is C15H15N5. The molecule has 0 aromatic heterocycles. The average Bonchev–Trinajstić information content (AvgIpc) is 2.37. The molecule has 0 bridgehead atoms. The first-order valence-corrected chi connectivity index (χ1v) is 6.48. The van der Waals surface area contributed by atoms with Gasteiger partial charge in [-0.15, -0.1) is 0 Å². The highest BCUT2D eigenvalue weighted by Gasteiger charge is 2.35. The van der Waals surface area contributed by atoms with Gasteiger partial charge in [0.05, 0.1) is 5.70 Å². The highest BCUT2D eigenvalue weighted by atomic mass is 15.4. The van der Waals surface area contributed by atoms with Crippen LogP contribution in [0.4, 0.5) is 0 Å². The summed E-state index contributed by atoms with van der Waals surface area (Å²) in [5.74, 6) is 2.88. The lowest BCUT2D eigenvalue weighted by molar-refractivity contribution is 0.572. The zero-order valence-electron chi connectivity index (χ0n) is 12.0. The van der Waals surface area contributed by atoms with E-state index in [1.807, 2.05) is 30.1 Å². The summed E-state index contributed by atoms with van der Waals surface area (Å²) in [4.78, 5) is 15.5. The van der Waals surface area contributed by atoms with E-state index in [-0.39, 0.29) is 5.41 Å². The lowest BCUT2D eigenvalue weighted by Gasteiger charge is -2.35. The Kier molecular flexibility index (Phi) is 2.51. The fraction of sp³-hybridized carbons (Fsp3) is 0.333. The Morgan fingerprint density at radius 3 is 2.60 bits per heavy atom. The molecule has 3 aliphatic heterocycles. The summed E-state index contributed by atoms with van der Waals surface area (Å²) in [7, 11) is 0. The molecule has 0 saturated heterocycles. The zero-order chi connectivity index (χ0) is 14.5. The molecule has 0 aliphatic carbocycles. The van der Waals surface area contributed by atoms with Crippen LogP contribution in [0.2, 0.25) is 0 Å². The van der Waals surface area contributed by atoms with Gasteiger partial charge in [-0.3, -0.25) is 4.90 Å². The minimum atomic E-state index is -0.176. The normalized spacial score (nSPS) is 20.6. The monoisotopic (exact) mass is 265 g/mol. The van der Waals surface area contributed by atoms with Gasteiger partial charge in [-0.1, -0.05) is 26.8 Å². The highest BCUT2D eigenvalue weighted by molar-refractivity contribution is 6.22. The van der Waals surface area contributed by atoms with Gasteiger partial charge in [0.25, 0.3) is 0 Å². The third kappa shape index (κ3) is 1.73. The molecule has 0 fully saturated rings. The fourth-order valence-electron chi connectivity index (χ4n) is 2.19. The Bertz CT molecular complexity index is 714. The second kappa shape index (κ2) is 4.01. The molecule has 0 amide bonds. The first-order valence-electron chi connectivity index (χ1n) is 6.48. The van der Waals surface area contributed by atoms with E-state index in [1.54, 1.807) is 0 Å². The van der Waals surface area contributed by atoms with Crippen LogP contribution in [0, 0.1) is 16.7 Å². The molecule has 0 saturated carbocycles. The summed E-state index contributed by atoms with van der Waals surface area (Å²) >= 11 is 0. The minimum Gasteiger partial charge on any atom is -0.261 e. The van der Waals surface area contributed by atoms with Crippen molar-refractivity contribution in [1.82, 2.24) is 4.90 Å². The molecule has 5 nitrogen and oxygen atoms in total. The molecule has 0 unspecified atom stereocenters. The first-order chi connectivity index (χ1) is 9.41. The Morgan fingerprint density at radius 2 is 1.95 bits per heavy atom. The summed E-state index contributed by atoms with van der Waals surface area (Å²) in [5.41, 5.74) is 1.02. The Hall–Kier alpha value is -2.48. The number of hydrogen-bond acceptors (Lipinski definition) is 5. The zero-order valence-corrected chi connectivity index (χ0v) is 12.0. The number of nitrogens with zero attached hydrogens (tertiary/aromatic N) is 5. The average molecular weight is 265 g/mol. The number of aliphatic imine (C=N–C) groups is 3. The molecule has 3 rings (SSSR count). The maximum absolute atomic E-state index is 9.39. The van der Waals surface area contributed by atoms with Crippen LogP contribution in [0.3, 0.4) is 0 Å². The smallest absolute Gasteiger partial charge is 0.162 e. The van der Waals surface area contributed by atoms with E-state index in [1.165, 1.54) is 0 Å². The predicted molar refractivity (Wildman–Crippen MR) is 79.1 cm³/mol. The molecule has 3 heterocycles. The van der Waals surface area contributed by atoms with Gasteiger partial charge >= 0.3 is 0 Å². The number of amidine groups is 3. The van der Waals surface area contributed by atoms with Crippen molar-refractivity contribution in [3.05, 3.63) is 35.3 Å². The van der Waals surface area contributed by atoms with Crippen molar-refractivity contribution in [1.29, 1.82) is 5.26 Å². The lowest BCUT2D eigenvalue weighted by atomic mass is 9.94. The van der Waals surface area contributed by atoms with Gasteiger partial charge in [-0.25, -0.2) is 15.0 Å². The van der Waals surface area contributed by atoms with Crippen molar-refractivity contribution in [2.24, 2.45) is 20.4 Å². The summed E-state index contributed by atoms with van der Waals surface area (Å²) in [6.45, 7) is 8.02. The van der Waals surface area contributed by atoms with Crippen molar-refractivity contribution in [3.63, 3.8) is 0 Å². The van der Waals surface area contributed by atoms with Gasteiger partial charge in [-0.2, -0.15) is 5.26 Å². The molecule has 0 spiro atoms. The second-order valence-electron chi connectivity index (χ2n) is 5.88. The van der Waals surface area contributed by atoms with Gasteiger partial charge < -0.3 is 0 Å². The third-order valence-corrected chi connectivity index (χ3v) is 3.24.